The molecule has 1 N–H and O–H groups in total. The van der Waals surface area contributed by atoms with E-state index in [9.17, 15) is 9.90 Å². The maximum atomic E-state index is 11.3. The first kappa shape index (κ1) is 13.2. The summed E-state index contributed by atoms with van der Waals surface area (Å²) < 4.78 is 0. The fraction of sp³-hybridized carbons (Fsp3) is 0.667. The molecule has 0 aliphatic heterocycles. The highest BCUT2D eigenvalue weighted by Gasteiger charge is 2.33. The van der Waals surface area contributed by atoms with Crippen LogP contribution >= 0.6 is 11.3 Å². The van der Waals surface area contributed by atoms with Gasteiger partial charge in [-0.05, 0) is 27.2 Å². The van der Waals surface area contributed by atoms with Gasteiger partial charge in [-0.15, -0.1) is 11.3 Å². The van der Waals surface area contributed by atoms with Crippen LogP contribution < -0.4 is 0 Å². The minimum atomic E-state index is -0.722. The Bertz CT molecular complexity index is 367. The number of aromatic nitrogens is 1. The Balaban J connectivity index is 2.87. The van der Waals surface area contributed by atoms with Gasteiger partial charge in [-0.2, -0.15) is 0 Å². The van der Waals surface area contributed by atoms with E-state index in [2.05, 4.69) is 4.98 Å². The van der Waals surface area contributed by atoms with Gasteiger partial charge in [0.1, 0.15) is 0 Å². The lowest BCUT2D eigenvalue weighted by atomic mass is 9.83. The van der Waals surface area contributed by atoms with Gasteiger partial charge < -0.3 is 5.11 Å². The van der Waals surface area contributed by atoms with E-state index >= 15 is 0 Å². The minimum absolute atomic E-state index is 0.537. The second-order valence-electron chi connectivity index (χ2n) is 4.54. The largest absolute Gasteiger partial charge is 0.481 e. The van der Waals surface area contributed by atoms with Crippen LogP contribution in [0.25, 0.3) is 0 Å². The molecule has 1 aromatic heterocycles. The SMILES string of the molecule is CCCC(C)(Cc1nc(C)c(C)s1)C(=O)O. The van der Waals surface area contributed by atoms with Gasteiger partial charge in [-0.1, -0.05) is 13.3 Å². The summed E-state index contributed by atoms with van der Waals surface area (Å²) in [5, 5.41) is 10.2. The molecule has 0 fully saturated rings. The second-order valence-corrected chi connectivity index (χ2v) is 5.83. The van der Waals surface area contributed by atoms with Gasteiger partial charge in [0.05, 0.1) is 16.1 Å². The van der Waals surface area contributed by atoms with Crippen LogP contribution in [0.1, 0.15) is 42.3 Å². The molecule has 1 heterocycles. The topological polar surface area (TPSA) is 50.2 Å². The lowest BCUT2D eigenvalue weighted by Gasteiger charge is -2.22. The summed E-state index contributed by atoms with van der Waals surface area (Å²) in [7, 11) is 0. The summed E-state index contributed by atoms with van der Waals surface area (Å²) >= 11 is 1.61. The number of aryl methyl sites for hydroxylation is 2. The Hall–Kier alpha value is -0.900. The van der Waals surface area contributed by atoms with Crippen molar-refractivity contribution in [2.45, 2.75) is 47.0 Å². The van der Waals surface area contributed by atoms with Crippen LogP contribution in [0.5, 0.6) is 0 Å². The third-order valence-electron chi connectivity index (χ3n) is 2.93. The van der Waals surface area contributed by atoms with E-state index in [-0.39, 0.29) is 0 Å². The molecule has 0 bridgehead atoms. The molecule has 1 unspecified atom stereocenters. The maximum absolute atomic E-state index is 11.3. The van der Waals surface area contributed by atoms with Crippen molar-refractivity contribution < 1.29 is 9.90 Å². The zero-order valence-electron chi connectivity index (χ0n) is 10.3. The normalized spacial score (nSPS) is 14.8. The average Bonchev–Trinajstić information content (AvgIpc) is 2.45. The number of carboxylic acid groups (broad SMARTS) is 1. The van der Waals surface area contributed by atoms with E-state index in [4.69, 9.17) is 0 Å². The molecule has 0 aliphatic carbocycles. The summed E-state index contributed by atoms with van der Waals surface area (Å²) in [6.45, 7) is 7.81. The number of thiazole rings is 1. The fourth-order valence-electron chi connectivity index (χ4n) is 1.77. The molecule has 16 heavy (non-hydrogen) atoms. The van der Waals surface area contributed by atoms with Crippen LogP contribution in [0.2, 0.25) is 0 Å². The lowest BCUT2D eigenvalue weighted by molar-refractivity contribution is -0.148. The van der Waals surface area contributed by atoms with E-state index in [1.807, 2.05) is 27.7 Å². The van der Waals surface area contributed by atoms with Crippen molar-refractivity contribution in [3.8, 4) is 0 Å². The molecule has 0 aliphatic rings. The number of nitrogens with zero attached hydrogens (tertiary/aromatic N) is 1. The van der Waals surface area contributed by atoms with Gasteiger partial charge in [0.2, 0.25) is 0 Å². The van der Waals surface area contributed by atoms with Gasteiger partial charge in [0.25, 0.3) is 0 Å². The number of hydrogen-bond acceptors (Lipinski definition) is 3. The highest BCUT2D eigenvalue weighted by atomic mass is 32.1. The van der Waals surface area contributed by atoms with Crippen molar-refractivity contribution in [2.24, 2.45) is 5.41 Å². The van der Waals surface area contributed by atoms with Crippen LogP contribution in [0.3, 0.4) is 0 Å². The molecule has 4 heteroatoms. The molecule has 90 valence electrons. The molecule has 3 nitrogen and oxygen atoms in total. The summed E-state index contributed by atoms with van der Waals surface area (Å²) in [6.07, 6.45) is 2.11. The zero-order chi connectivity index (χ0) is 12.3. The lowest BCUT2D eigenvalue weighted by Crippen LogP contribution is -2.29. The van der Waals surface area contributed by atoms with Gasteiger partial charge in [-0.25, -0.2) is 4.98 Å². The number of aliphatic carboxylic acids is 1. The fourth-order valence-corrected chi connectivity index (χ4v) is 2.89. The molecular weight excluding hydrogens is 222 g/mol. The van der Waals surface area contributed by atoms with Crippen LogP contribution in [0, 0.1) is 19.3 Å². The van der Waals surface area contributed by atoms with Crippen LogP contribution in [-0.4, -0.2) is 16.1 Å². The Morgan fingerprint density at radius 2 is 2.12 bits per heavy atom. The van der Waals surface area contributed by atoms with Gasteiger partial charge >= 0.3 is 5.97 Å². The molecule has 0 radical (unpaired) electrons. The molecular formula is C12H19NO2S. The molecule has 1 rings (SSSR count). The Kier molecular flexibility index (Phi) is 4.08. The van der Waals surface area contributed by atoms with Crippen LogP contribution in [0.4, 0.5) is 0 Å². The standard InChI is InChI=1S/C12H19NO2S/c1-5-6-12(4,11(14)15)7-10-13-8(2)9(3)16-10/h5-7H2,1-4H3,(H,14,15). The van der Waals surface area contributed by atoms with Gasteiger partial charge in [0.15, 0.2) is 0 Å². The highest BCUT2D eigenvalue weighted by molar-refractivity contribution is 7.11. The van der Waals surface area contributed by atoms with Crippen molar-refractivity contribution in [1.29, 1.82) is 0 Å². The van der Waals surface area contributed by atoms with E-state index < -0.39 is 11.4 Å². The van der Waals surface area contributed by atoms with Gasteiger partial charge in [-0.3, -0.25) is 4.79 Å². The zero-order valence-corrected chi connectivity index (χ0v) is 11.1. The second kappa shape index (κ2) is 4.95. The molecule has 0 amide bonds. The molecule has 0 spiro atoms. The first-order valence-corrected chi connectivity index (χ1v) is 6.37. The Morgan fingerprint density at radius 3 is 2.50 bits per heavy atom. The molecule has 0 aromatic carbocycles. The number of carbonyl (C=O) groups is 1. The van der Waals surface area contributed by atoms with Crippen molar-refractivity contribution in [2.75, 3.05) is 0 Å². The van der Waals surface area contributed by atoms with Crippen molar-refractivity contribution in [1.82, 2.24) is 4.98 Å². The molecule has 1 aromatic rings. The van der Waals surface area contributed by atoms with Crippen molar-refractivity contribution >= 4 is 17.3 Å². The first-order valence-electron chi connectivity index (χ1n) is 5.55. The summed E-state index contributed by atoms with van der Waals surface area (Å²) in [5.41, 5.74) is 0.343. The predicted molar refractivity (Wildman–Crippen MR) is 65.9 cm³/mol. The van der Waals surface area contributed by atoms with Crippen molar-refractivity contribution in [3.63, 3.8) is 0 Å². The van der Waals surface area contributed by atoms with Crippen LogP contribution in [-0.2, 0) is 11.2 Å². The number of hydrogen-bond donors (Lipinski definition) is 1. The van der Waals surface area contributed by atoms with Gasteiger partial charge in [0, 0.05) is 11.3 Å². The summed E-state index contributed by atoms with van der Waals surface area (Å²) in [6, 6.07) is 0. The maximum Gasteiger partial charge on any atom is 0.309 e. The quantitative estimate of drug-likeness (QED) is 0.861. The van der Waals surface area contributed by atoms with E-state index in [0.29, 0.717) is 12.8 Å². The van der Waals surface area contributed by atoms with E-state index in [1.165, 1.54) is 4.88 Å². The summed E-state index contributed by atoms with van der Waals surface area (Å²) in [5.74, 6) is -0.722. The predicted octanol–water partition coefficient (Wildman–Crippen LogP) is 3.19. The number of rotatable bonds is 5. The third kappa shape index (κ3) is 2.82. The monoisotopic (exact) mass is 241 g/mol. The van der Waals surface area contributed by atoms with E-state index in [1.54, 1.807) is 11.3 Å². The van der Waals surface area contributed by atoms with Crippen molar-refractivity contribution in [3.05, 3.63) is 15.6 Å². The third-order valence-corrected chi connectivity index (χ3v) is 4.01. The number of carboxylic acids is 1. The minimum Gasteiger partial charge on any atom is -0.481 e. The average molecular weight is 241 g/mol. The first-order chi connectivity index (χ1) is 7.39. The molecule has 1 atom stereocenters. The Morgan fingerprint density at radius 1 is 1.50 bits per heavy atom. The van der Waals surface area contributed by atoms with E-state index in [0.717, 1.165) is 17.1 Å². The Labute approximate surface area is 101 Å². The smallest absolute Gasteiger partial charge is 0.309 e. The molecule has 0 saturated carbocycles. The highest BCUT2D eigenvalue weighted by Crippen LogP contribution is 2.31. The molecule has 0 saturated heterocycles. The summed E-state index contributed by atoms with van der Waals surface area (Å²) in [4.78, 5) is 16.9. The van der Waals surface area contributed by atoms with Crippen LogP contribution in [0.15, 0.2) is 0 Å².